The molecule has 2 atom stereocenters. The summed E-state index contributed by atoms with van der Waals surface area (Å²) in [5.74, 6) is 0. The number of rotatable bonds is 2. The van der Waals surface area contributed by atoms with Crippen molar-refractivity contribution in [3.63, 3.8) is 0 Å². The van der Waals surface area contributed by atoms with Crippen LogP contribution in [0.15, 0.2) is 23.1 Å². The van der Waals surface area contributed by atoms with Gasteiger partial charge in [-0.2, -0.15) is 0 Å². The van der Waals surface area contributed by atoms with E-state index in [1.165, 1.54) is 0 Å². The standard InChI is InChI=1S/C13H18ClNO2S/c1-8(2)15-12-6-9(3)18(16,17)13-5-4-10(14)7-11(12)13/h4-5,7-9,12,15H,6H2,1-3H3. The van der Waals surface area contributed by atoms with Crippen LogP contribution in [0.4, 0.5) is 0 Å². The van der Waals surface area contributed by atoms with Gasteiger partial charge in [-0.1, -0.05) is 25.4 Å². The minimum atomic E-state index is -3.20. The molecule has 1 heterocycles. The maximum Gasteiger partial charge on any atom is 0.181 e. The van der Waals surface area contributed by atoms with Crippen molar-refractivity contribution in [1.82, 2.24) is 5.32 Å². The third-order valence-corrected chi connectivity index (χ3v) is 5.76. The predicted octanol–water partition coefficient (Wildman–Crippen LogP) is 2.95. The fourth-order valence-electron chi connectivity index (χ4n) is 2.41. The lowest BCUT2D eigenvalue weighted by Crippen LogP contribution is -2.37. The molecule has 2 rings (SSSR count). The maximum atomic E-state index is 12.3. The summed E-state index contributed by atoms with van der Waals surface area (Å²) < 4.78 is 24.6. The number of benzene rings is 1. The minimum Gasteiger partial charge on any atom is -0.308 e. The van der Waals surface area contributed by atoms with Gasteiger partial charge >= 0.3 is 0 Å². The Balaban J connectivity index is 2.55. The van der Waals surface area contributed by atoms with E-state index < -0.39 is 9.84 Å². The zero-order valence-corrected chi connectivity index (χ0v) is 12.3. The van der Waals surface area contributed by atoms with E-state index in [4.69, 9.17) is 11.6 Å². The van der Waals surface area contributed by atoms with Crippen LogP contribution in [-0.4, -0.2) is 19.7 Å². The van der Waals surface area contributed by atoms with Gasteiger partial charge in [0.25, 0.3) is 0 Å². The topological polar surface area (TPSA) is 46.2 Å². The van der Waals surface area contributed by atoms with Crippen LogP contribution in [-0.2, 0) is 9.84 Å². The van der Waals surface area contributed by atoms with Crippen molar-refractivity contribution < 1.29 is 8.42 Å². The normalized spacial score (nSPS) is 26.1. The monoisotopic (exact) mass is 287 g/mol. The van der Waals surface area contributed by atoms with E-state index >= 15 is 0 Å². The molecule has 1 aromatic rings. The van der Waals surface area contributed by atoms with Crippen LogP contribution < -0.4 is 5.32 Å². The van der Waals surface area contributed by atoms with Crippen molar-refractivity contribution in [2.75, 3.05) is 0 Å². The average Bonchev–Trinajstić information content (AvgIpc) is 2.25. The third kappa shape index (κ3) is 2.42. The highest BCUT2D eigenvalue weighted by Gasteiger charge is 2.36. The van der Waals surface area contributed by atoms with Gasteiger partial charge in [-0.05, 0) is 37.1 Å². The van der Waals surface area contributed by atoms with Crippen molar-refractivity contribution >= 4 is 21.4 Å². The van der Waals surface area contributed by atoms with Crippen LogP contribution in [0.5, 0.6) is 0 Å². The summed E-state index contributed by atoms with van der Waals surface area (Å²) in [5.41, 5.74) is 0.800. The van der Waals surface area contributed by atoms with Crippen molar-refractivity contribution in [1.29, 1.82) is 0 Å². The fraction of sp³-hybridized carbons (Fsp3) is 0.538. The van der Waals surface area contributed by atoms with Gasteiger partial charge in [-0.25, -0.2) is 8.42 Å². The van der Waals surface area contributed by atoms with Crippen molar-refractivity contribution in [3.05, 3.63) is 28.8 Å². The Hall–Kier alpha value is -0.580. The molecule has 0 aromatic heterocycles. The molecule has 0 radical (unpaired) electrons. The molecule has 0 aliphatic carbocycles. The molecule has 2 unspecified atom stereocenters. The molecule has 0 bridgehead atoms. The number of hydrogen-bond donors (Lipinski definition) is 1. The summed E-state index contributed by atoms with van der Waals surface area (Å²) in [6.45, 7) is 5.87. The summed E-state index contributed by atoms with van der Waals surface area (Å²) >= 11 is 5.99. The SMILES string of the molecule is CC(C)NC1CC(C)S(=O)(=O)c2ccc(Cl)cc21. The van der Waals surface area contributed by atoms with Crippen LogP contribution in [0.1, 0.15) is 38.8 Å². The lowest BCUT2D eigenvalue weighted by molar-refractivity contribution is 0.428. The van der Waals surface area contributed by atoms with Gasteiger partial charge in [0.05, 0.1) is 10.1 Å². The Morgan fingerprint density at radius 1 is 1.39 bits per heavy atom. The molecule has 1 aliphatic heterocycles. The third-order valence-electron chi connectivity index (χ3n) is 3.29. The summed E-state index contributed by atoms with van der Waals surface area (Å²) in [6.07, 6.45) is 0.591. The maximum absolute atomic E-state index is 12.3. The Labute approximate surface area is 113 Å². The quantitative estimate of drug-likeness (QED) is 0.910. The molecular weight excluding hydrogens is 270 g/mol. The molecule has 100 valence electrons. The Kier molecular flexibility index (Phi) is 3.72. The number of sulfone groups is 1. The van der Waals surface area contributed by atoms with Gasteiger partial charge in [0, 0.05) is 17.1 Å². The first-order chi connectivity index (χ1) is 8.32. The van der Waals surface area contributed by atoms with Gasteiger partial charge in [-0.3, -0.25) is 0 Å². The highest BCUT2D eigenvalue weighted by molar-refractivity contribution is 7.92. The summed E-state index contributed by atoms with van der Waals surface area (Å²) in [6, 6.07) is 5.38. The van der Waals surface area contributed by atoms with Gasteiger partial charge in [0.2, 0.25) is 0 Å². The van der Waals surface area contributed by atoms with Crippen LogP contribution in [0, 0.1) is 0 Å². The van der Waals surface area contributed by atoms with Crippen molar-refractivity contribution in [2.45, 2.75) is 49.4 Å². The summed E-state index contributed by atoms with van der Waals surface area (Å²) in [5, 5.41) is 3.63. The van der Waals surface area contributed by atoms with E-state index in [1.54, 1.807) is 25.1 Å². The van der Waals surface area contributed by atoms with E-state index in [-0.39, 0.29) is 11.3 Å². The molecule has 1 aromatic carbocycles. The highest BCUT2D eigenvalue weighted by Crippen LogP contribution is 2.37. The van der Waals surface area contributed by atoms with Crippen LogP contribution >= 0.6 is 11.6 Å². The summed E-state index contributed by atoms with van der Waals surface area (Å²) in [4.78, 5) is 0.420. The first-order valence-electron chi connectivity index (χ1n) is 6.11. The van der Waals surface area contributed by atoms with E-state index in [1.807, 2.05) is 0 Å². The van der Waals surface area contributed by atoms with E-state index in [0.717, 1.165) is 5.56 Å². The second-order valence-electron chi connectivity index (χ2n) is 5.15. The molecule has 18 heavy (non-hydrogen) atoms. The number of hydrogen-bond acceptors (Lipinski definition) is 3. The average molecular weight is 288 g/mol. The fourth-order valence-corrected chi connectivity index (χ4v) is 4.26. The minimum absolute atomic E-state index is 0.0530. The number of halogens is 1. The lowest BCUT2D eigenvalue weighted by Gasteiger charge is -2.31. The van der Waals surface area contributed by atoms with E-state index in [2.05, 4.69) is 19.2 Å². The first-order valence-corrected chi connectivity index (χ1v) is 8.04. The van der Waals surface area contributed by atoms with Crippen LogP contribution in [0.25, 0.3) is 0 Å². The van der Waals surface area contributed by atoms with Crippen molar-refractivity contribution in [2.24, 2.45) is 0 Å². The molecule has 0 fully saturated rings. The predicted molar refractivity (Wildman–Crippen MR) is 73.7 cm³/mol. The zero-order chi connectivity index (χ0) is 13.5. The molecule has 1 aliphatic rings. The van der Waals surface area contributed by atoms with Gasteiger partial charge < -0.3 is 5.32 Å². The molecule has 1 N–H and O–H groups in total. The molecule has 0 saturated carbocycles. The van der Waals surface area contributed by atoms with Gasteiger partial charge in [0.15, 0.2) is 9.84 Å². The smallest absolute Gasteiger partial charge is 0.181 e. The second kappa shape index (κ2) is 4.83. The van der Waals surface area contributed by atoms with Crippen LogP contribution in [0.2, 0.25) is 5.02 Å². The molecule has 5 heteroatoms. The number of fused-ring (bicyclic) bond motifs is 1. The van der Waals surface area contributed by atoms with Crippen molar-refractivity contribution in [3.8, 4) is 0 Å². The molecule has 0 spiro atoms. The molecule has 0 amide bonds. The Morgan fingerprint density at radius 3 is 2.67 bits per heavy atom. The molecule has 3 nitrogen and oxygen atoms in total. The zero-order valence-electron chi connectivity index (χ0n) is 10.8. The molecular formula is C13H18ClNO2S. The first kappa shape index (κ1) is 13.8. The molecule has 0 saturated heterocycles. The highest BCUT2D eigenvalue weighted by atomic mass is 35.5. The summed E-state index contributed by atoms with van der Waals surface area (Å²) in [7, 11) is -3.20. The largest absolute Gasteiger partial charge is 0.308 e. The second-order valence-corrected chi connectivity index (χ2v) is 7.92. The lowest BCUT2D eigenvalue weighted by atomic mass is 10.0. The van der Waals surface area contributed by atoms with Crippen LogP contribution in [0.3, 0.4) is 0 Å². The Bertz CT molecular complexity index is 554. The van der Waals surface area contributed by atoms with Gasteiger partial charge in [0.1, 0.15) is 0 Å². The number of nitrogens with one attached hydrogen (secondary N) is 1. The van der Waals surface area contributed by atoms with Gasteiger partial charge in [-0.15, -0.1) is 0 Å². The van der Waals surface area contributed by atoms with E-state index in [0.29, 0.717) is 22.4 Å². The van der Waals surface area contributed by atoms with E-state index in [9.17, 15) is 8.42 Å². The Morgan fingerprint density at radius 2 is 2.06 bits per heavy atom.